The normalized spacial score (nSPS) is 11.0. The fourth-order valence-electron chi connectivity index (χ4n) is 3.19. The maximum Gasteiger partial charge on any atom is 0.417 e. The summed E-state index contributed by atoms with van der Waals surface area (Å²) in [4.78, 5) is 11.4. The molecule has 4 nitrogen and oxygen atoms in total. The maximum absolute atomic E-state index is 13.3. The van der Waals surface area contributed by atoms with Crippen molar-refractivity contribution in [1.82, 2.24) is 0 Å². The highest BCUT2D eigenvalue weighted by atomic mass is 19.4. The van der Waals surface area contributed by atoms with Gasteiger partial charge in [-0.1, -0.05) is 42.2 Å². The van der Waals surface area contributed by atoms with E-state index in [9.17, 15) is 28.2 Å². The van der Waals surface area contributed by atoms with Crippen molar-refractivity contribution in [3.63, 3.8) is 0 Å². The molecule has 0 heterocycles. The van der Waals surface area contributed by atoms with Crippen molar-refractivity contribution < 1.29 is 32.9 Å². The Morgan fingerprint density at radius 3 is 2.33 bits per heavy atom. The molecule has 7 heteroatoms. The van der Waals surface area contributed by atoms with Gasteiger partial charge < -0.3 is 14.9 Å². The van der Waals surface area contributed by atoms with E-state index in [1.165, 1.54) is 18.2 Å². The molecule has 0 fully saturated rings. The van der Waals surface area contributed by atoms with Crippen molar-refractivity contribution in [2.75, 3.05) is 6.61 Å². The number of benzene rings is 3. The number of alkyl halides is 3. The topological polar surface area (TPSA) is 66.8 Å². The molecule has 0 bridgehead atoms. The van der Waals surface area contributed by atoms with Crippen molar-refractivity contribution >= 4 is 5.97 Å². The van der Waals surface area contributed by atoms with Gasteiger partial charge in [0.2, 0.25) is 0 Å². The van der Waals surface area contributed by atoms with Gasteiger partial charge in [-0.2, -0.15) is 13.2 Å². The van der Waals surface area contributed by atoms with Crippen LogP contribution < -0.4 is 0 Å². The van der Waals surface area contributed by atoms with Crippen LogP contribution in [-0.4, -0.2) is 22.8 Å². The first-order valence-electron chi connectivity index (χ1n) is 10.1. The van der Waals surface area contributed by atoms with Crippen LogP contribution in [0, 0.1) is 11.8 Å². The lowest BCUT2D eigenvalue weighted by Gasteiger charge is -2.10. The number of carboxylic acids is 1. The van der Waals surface area contributed by atoms with Crippen molar-refractivity contribution in [3.8, 4) is 17.6 Å². The molecule has 0 atom stereocenters. The van der Waals surface area contributed by atoms with Crippen molar-refractivity contribution in [3.05, 3.63) is 100 Å². The standard InChI is InChI=1S/C26H21F3O4/c27-26(28,29)24-16-23(30)13-12-20(24)10-8-19-9-11-22(25(31)32)15-21(19)7-4-14-33-17-18-5-2-1-3-6-18/h1-3,5-6,9,11-13,15-16,30H,4,7,14,17H2,(H,31,32). The Bertz CT molecular complexity index is 1180. The number of aromatic hydroxyl groups is 1. The summed E-state index contributed by atoms with van der Waals surface area (Å²) >= 11 is 0. The van der Waals surface area contributed by atoms with Crippen LogP contribution in [0.15, 0.2) is 66.7 Å². The van der Waals surface area contributed by atoms with Gasteiger partial charge in [-0.3, -0.25) is 0 Å². The van der Waals surface area contributed by atoms with Crippen LogP contribution in [0.1, 0.15) is 44.6 Å². The minimum Gasteiger partial charge on any atom is -0.508 e. The zero-order chi connectivity index (χ0) is 23.8. The predicted octanol–water partition coefficient (Wildman–Crippen LogP) is 5.66. The molecule has 0 saturated carbocycles. The summed E-state index contributed by atoms with van der Waals surface area (Å²) in [6.07, 6.45) is -3.64. The second-order valence-corrected chi connectivity index (χ2v) is 7.30. The number of aromatic carboxylic acids is 1. The lowest BCUT2D eigenvalue weighted by Crippen LogP contribution is -2.07. The van der Waals surface area contributed by atoms with Crippen molar-refractivity contribution in [2.24, 2.45) is 0 Å². The number of hydrogen-bond acceptors (Lipinski definition) is 3. The second kappa shape index (κ2) is 10.7. The van der Waals surface area contributed by atoms with E-state index in [0.717, 1.165) is 17.7 Å². The molecule has 3 aromatic rings. The summed E-state index contributed by atoms with van der Waals surface area (Å²) in [5.74, 6) is 3.64. The molecule has 3 aromatic carbocycles. The minimum atomic E-state index is -4.67. The molecule has 0 amide bonds. The first-order chi connectivity index (χ1) is 15.7. The number of rotatable bonds is 7. The smallest absolute Gasteiger partial charge is 0.417 e. The van der Waals surface area contributed by atoms with Gasteiger partial charge >= 0.3 is 12.1 Å². The van der Waals surface area contributed by atoms with Crippen molar-refractivity contribution in [2.45, 2.75) is 25.6 Å². The first-order valence-corrected chi connectivity index (χ1v) is 10.1. The highest BCUT2D eigenvalue weighted by Gasteiger charge is 2.33. The average Bonchev–Trinajstić information content (AvgIpc) is 2.78. The second-order valence-electron chi connectivity index (χ2n) is 7.30. The minimum absolute atomic E-state index is 0.0707. The zero-order valence-corrected chi connectivity index (χ0v) is 17.5. The Hall–Kier alpha value is -3.76. The van der Waals surface area contributed by atoms with Gasteiger partial charge in [0.15, 0.2) is 0 Å². The number of phenols is 1. The lowest BCUT2D eigenvalue weighted by molar-refractivity contribution is -0.137. The first kappa shape index (κ1) is 23.9. The quantitative estimate of drug-likeness (QED) is 0.357. The molecule has 0 radical (unpaired) electrons. The maximum atomic E-state index is 13.3. The molecule has 0 aliphatic heterocycles. The number of carbonyl (C=O) groups is 1. The molecule has 0 aromatic heterocycles. The van der Waals surface area contributed by atoms with Gasteiger partial charge in [0.1, 0.15) is 5.75 Å². The Labute approximate surface area is 189 Å². The molecule has 0 aliphatic carbocycles. The molecule has 0 spiro atoms. The SMILES string of the molecule is O=C(O)c1ccc(C#Cc2ccc(O)cc2C(F)(F)F)c(CCCOCc2ccccc2)c1. The summed E-state index contributed by atoms with van der Waals surface area (Å²) < 4.78 is 45.5. The van der Waals surface area contributed by atoms with E-state index in [0.29, 0.717) is 43.2 Å². The van der Waals surface area contributed by atoms with E-state index < -0.39 is 23.5 Å². The molecular formula is C26H21F3O4. The van der Waals surface area contributed by atoms with E-state index in [1.807, 2.05) is 30.3 Å². The van der Waals surface area contributed by atoms with E-state index in [1.54, 1.807) is 0 Å². The van der Waals surface area contributed by atoms with Gasteiger partial charge in [0, 0.05) is 17.7 Å². The highest BCUT2D eigenvalue weighted by molar-refractivity contribution is 5.88. The van der Waals surface area contributed by atoms with Gasteiger partial charge in [-0.25, -0.2) is 4.79 Å². The molecule has 0 aliphatic rings. The van der Waals surface area contributed by atoms with Crippen LogP contribution in [-0.2, 0) is 23.9 Å². The summed E-state index contributed by atoms with van der Waals surface area (Å²) in [7, 11) is 0. The van der Waals surface area contributed by atoms with Crippen LogP contribution in [0.2, 0.25) is 0 Å². The van der Waals surface area contributed by atoms with E-state index in [-0.39, 0.29) is 11.1 Å². The fraction of sp³-hybridized carbons (Fsp3) is 0.192. The molecule has 0 unspecified atom stereocenters. The van der Waals surface area contributed by atoms with Crippen LogP contribution in [0.3, 0.4) is 0 Å². The van der Waals surface area contributed by atoms with E-state index in [4.69, 9.17) is 4.74 Å². The largest absolute Gasteiger partial charge is 0.508 e. The Morgan fingerprint density at radius 1 is 0.939 bits per heavy atom. The third-order valence-corrected chi connectivity index (χ3v) is 4.84. The van der Waals surface area contributed by atoms with Crippen LogP contribution >= 0.6 is 0 Å². The number of ether oxygens (including phenoxy) is 1. The van der Waals surface area contributed by atoms with E-state index in [2.05, 4.69) is 11.8 Å². The molecule has 0 saturated heterocycles. The summed E-state index contributed by atoms with van der Waals surface area (Å²) in [6, 6.07) is 16.8. The van der Waals surface area contributed by atoms with Gasteiger partial charge in [0.25, 0.3) is 0 Å². The third-order valence-electron chi connectivity index (χ3n) is 4.84. The predicted molar refractivity (Wildman–Crippen MR) is 117 cm³/mol. The van der Waals surface area contributed by atoms with Gasteiger partial charge in [0.05, 0.1) is 17.7 Å². The Kier molecular flexibility index (Phi) is 7.75. The Balaban J connectivity index is 1.77. The van der Waals surface area contributed by atoms with Gasteiger partial charge in [-0.05, 0) is 60.4 Å². The monoisotopic (exact) mass is 454 g/mol. The third kappa shape index (κ3) is 6.86. The van der Waals surface area contributed by atoms with Crippen LogP contribution in [0.25, 0.3) is 0 Å². The number of carboxylic acid groups (broad SMARTS) is 1. The average molecular weight is 454 g/mol. The molecule has 2 N–H and O–H groups in total. The zero-order valence-electron chi connectivity index (χ0n) is 17.5. The summed E-state index contributed by atoms with van der Waals surface area (Å²) in [6.45, 7) is 0.874. The lowest BCUT2D eigenvalue weighted by atomic mass is 9.99. The van der Waals surface area contributed by atoms with Crippen LogP contribution in [0.4, 0.5) is 13.2 Å². The Morgan fingerprint density at radius 2 is 1.64 bits per heavy atom. The van der Waals surface area contributed by atoms with E-state index >= 15 is 0 Å². The van der Waals surface area contributed by atoms with Crippen molar-refractivity contribution in [1.29, 1.82) is 0 Å². The fourth-order valence-corrected chi connectivity index (χ4v) is 3.19. The van der Waals surface area contributed by atoms with Gasteiger partial charge in [-0.15, -0.1) is 0 Å². The molecule has 33 heavy (non-hydrogen) atoms. The number of aryl methyl sites for hydroxylation is 1. The summed E-state index contributed by atoms with van der Waals surface area (Å²) in [5, 5.41) is 18.7. The number of hydrogen-bond donors (Lipinski definition) is 2. The molecule has 170 valence electrons. The number of halogens is 3. The highest BCUT2D eigenvalue weighted by Crippen LogP contribution is 2.33. The number of phenolic OH excluding ortho intramolecular Hbond substituents is 1. The molecule has 3 rings (SSSR count). The molecular weight excluding hydrogens is 433 g/mol. The summed E-state index contributed by atoms with van der Waals surface area (Å²) in [5.41, 5.74) is 0.836. The van der Waals surface area contributed by atoms with Crippen LogP contribution in [0.5, 0.6) is 5.75 Å².